The lowest BCUT2D eigenvalue weighted by molar-refractivity contribution is 0.0718. The molecule has 3 aromatic heterocycles. The number of carbonyl (C=O) groups excluding carboxylic acids is 1. The molecule has 4 rings (SSSR count). The summed E-state index contributed by atoms with van der Waals surface area (Å²) >= 11 is 1.46. The fourth-order valence-corrected chi connectivity index (χ4v) is 3.87. The SMILES string of the molecule is Cc1ccc(Cn2cccc2CN(Cc2ccco2)C(=O)c2cccs2)cc1. The van der Waals surface area contributed by atoms with Crippen LogP contribution in [0.15, 0.2) is 82.9 Å². The molecule has 0 N–H and O–H groups in total. The van der Waals surface area contributed by atoms with Gasteiger partial charge in [-0.1, -0.05) is 35.9 Å². The van der Waals surface area contributed by atoms with E-state index in [0.717, 1.165) is 22.9 Å². The lowest BCUT2D eigenvalue weighted by Gasteiger charge is -2.22. The van der Waals surface area contributed by atoms with E-state index in [9.17, 15) is 4.79 Å². The molecule has 1 aromatic carbocycles. The first-order chi connectivity index (χ1) is 13.7. The highest BCUT2D eigenvalue weighted by Gasteiger charge is 2.20. The van der Waals surface area contributed by atoms with Gasteiger partial charge >= 0.3 is 0 Å². The molecule has 1 amide bonds. The monoisotopic (exact) mass is 390 g/mol. The molecule has 0 fully saturated rings. The van der Waals surface area contributed by atoms with E-state index in [1.165, 1.54) is 22.5 Å². The number of thiophene rings is 1. The second-order valence-corrected chi connectivity index (χ2v) is 7.78. The molecule has 0 atom stereocenters. The van der Waals surface area contributed by atoms with Crippen LogP contribution in [0.25, 0.3) is 0 Å². The van der Waals surface area contributed by atoms with Gasteiger partial charge in [0.15, 0.2) is 0 Å². The smallest absolute Gasteiger partial charge is 0.264 e. The fraction of sp³-hybridized carbons (Fsp3) is 0.174. The lowest BCUT2D eigenvalue weighted by Crippen LogP contribution is -2.30. The topological polar surface area (TPSA) is 38.4 Å². The van der Waals surface area contributed by atoms with Crippen molar-refractivity contribution < 1.29 is 9.21 Å². The largest absolute Gasteiger partial charge is 0.467 e. The summed E-state index contributed by atoms with van der Waals surface area (Å²) in [5.74, 6) is 0.802. The van der Waals surface area contributed by atoms with Crippen molar-refractivity contribution in [2.75, 3.05) is 0 Å². The van der Waals surface area contributed by atoms with Crippen LogP contribution in [0.2, 0.25) is 0 Å². The standard InChI is InChI=1S/C23H22N2O2S/c1-18-8-10-19(11-9-18)15-24-12-2-5-20(24)16-25(17-21-6-3-13-27-21)23(26)22-7-4-14-28-22/h2-14H,15-17H2,1H3. The number of carbonyl (C=O) groups is 1. The molecule has 0 spiro atoms. The number of aromatic nitrogens is 1. The van der Waals surface area contributed by atoms with E-state index < -0.39 is 0 Å². The second-order valence-electron chi connectivity index (χ2n) is 6.83. The van der Waals surface area contributed by atoms with Crippen LogP contribution in [0.3, 0.4) is 0 Å². The van der Waals surface area contributed by atoms with Crippen molar-refractivity contribution in [3.8, 4) is 0 Å². The minimum atomic E-state index is 0.0227. The Morgan fingerprint density at radius 3 is 2.61 bits per heavy atom. The zero-order valence-electron chi connectivity index (χ0n) is 15.7. The van der Waals surface area contributed by atoms with Gasteiger partial charge in [0.05, 0.1) is 24.2 Å². The van der Waals surface area contributed by atoms with E-state index in [0.29, 0.717) is 13.1 Å². The number of nitrogens with zero attached hydrogens (tertiary/aromatic N) is 2. The summed E-state index contributed by atoms with van der Waals surface area (Å²) in [4.78, 5) is 15.6. The zero-order chi connectivity index (χ0) is 19.3. The molecular weight excluding hydrogens is 368 g/mol. The predicted octanol–water partition coefficient (Wildman–Crippen LogP) is 5.34. The molecule has 0 unspecified atom stereocenters. The van der Waals surface area contributed by atoms with E-state index in [1.807, 2.05) is 40.6 Å². The first-order valence-electron chi connectivity index (χ1n) is 9.24. The Labute approximate surface area is 168 Å². The second kappa shape index (κ2) is 8.31. The minimum absolute atomic E-state index is 0.0227. The van der Waals surface area contributed by atoms with Crippen molar-refractivity contribution in [2.45, 2.75) is 26.6 Å². The van der Waals surface area contributed by atoms with Crippen molar-refractivity contribution in [2.24, 2.45) is 0 Å². The van der Waals surface area contributed by atoms with Crippen molar-refractivity contribution in [3.05, 3.63) is 106 Å². The van der Waals surface area contributed by atoms with Crippen LogP contribution in [-0.2, 0) is 19.6 Å². The van der Waals surface area contributed by atoms with Crippen LogP contribution in [0, 0.1) is 6.92 Å². The molecular formula is C23H22N2O2S. The summed E-state index contributed by atoms with van der Waals surface area (Å²) in [6.45, 7) is 3.84. The minimum Gasteiger partial charge on any atom is -0.467 e. The van der Waals surface area contributed by atoms with Crippen molar-refractivity contribution in [1.29, 1.82) is 0 Å². The third-order valence-electron chi connectivity index (χ3n) is 4.70. The number of rotatable bonds is 7. The van der Waals surface area contributed by atoms with Crippen LogP contribution in [0.4, 0.5) is 0 Å². The Morgan fingerprint density at radius 1 is 1.04 bits per heavy atom. The number of benzene rings is 1. The number of furan rings is 1. The quantitative estimate of drug-likeness (QED) is 0.427. The Kier molecular flexibility index (Phi) is 5.44. The Morgan fingerprint density at radius 2 is 1.89 bits per heavy atom. The van der Waals surface area contributed by atoms with Gasteiger partial charge in [0.1, 0.15) is 5.76 Å². The van der Waals surface area contributed by atoms with Gasteiger partial charge in [0.2, 0.25) is 0 Å². The van der Waals surface area contributed by atoms with Gasteiger partial charge in [0.25, 0.3) is 5.91 Å². The maximum Gasteiger partial charge on any atom is 0.264 e. The maximum absolute atomic E-state index is 13.1. The molecule has 142 valence electrons. The third-order valence-corrected chi connectivity index (χ3v) is 5.55. The summed E-state index contributed by atoms with van der Waals surface area (Å²) in [5, 5.41) is 1.93. The zero-order valence-corrected chi connectivity index (χ0v) is 16.6. The van der Waals surface area contributed by atoms with Crippen LogP contribution in [0.1, 0.15) is 32.3 Å². The Bertz CT molecular complexity index is 1020. The van der Waals surface area contributed by atoms with Gasteiger partial charge in [-0.05, 0) is 48.2 Å². The highest BCUT2D eigenvalue weighted by Crippen LogP contribution is 2.19. The molecule has 0 saturated heterocycles. The molecule has 0 radical (unpaired) electrons. The molecule has 3 heterocycles. The summed E-state index contributed by atoms with van der Waals surface area (Å²) < 4.78 is 7.69. The van der Waals surface area contributed by atoms with Gasteiger partial charge < -0.3 is 13.9 Å². The summed E-state index contributed by atoms with van der Waals surface area (Å²) in [6, 6.07) is 20.2. The predicted molar refractivity (Wildman–Crippen MR) is 111 cm³/mol. The molecule has 5 heteroatoms. The van der Waals surface area contributed by atoms with Crippen LogP contribution in [-0.4, -0.2) is 15.4 Å². The van der Waals surface area contributed by atoms with Crippen LogP contribution >= 0.6 is 11.3 Å². The molecule has 0 bridgehead atoms. The first kappa shape index (κ1) is 18.3. The molecule has 0 aliphatic rings. The number of aryl methyl sites for hydroxylation is 1. The Hall–Kier alpha value is -3.05. The van der Waals surface area contributed by atoms with E-state index in [-0.39, 0.29) is 5.91 Å². The molecule has 0 saturated carbocycles. The van der Waals surface area contributed by atoms with E-state index in [2.05, 4.69) is 48.0 Å². The van der Waals surface area contributed by atoms with Gasteiger partial charge in [0, 0.05) is 18.4 Å². The fourth-order valence-electron chi connectivity index (χ4n) is 3.18. The lowest BCUT2D eigenvalue weighted by atomic mass is 10.1. The summed E-state index contributed by atoms with van der Waals surface area (Å²) in [7, 11) is 0. The van der Waals surface area contributed by atoms with Crippen molar-refractivity contribution in [1.82, 2.24) is 9.47 Å². The number of hydrogen-bond acceptors (Lipinski definition) is 3. The van der Waals surface area contributed by atoms with E-state index in [1.54, 1.807) is 6.26 Å². The van der Waals surface area contributed by atoms with Gasteiger partial charge in [-0.15, -0.1) is 11.3 Å². The number of hydrogen-bond donors (Lipinski definition) is 0. The van der Waals surface area contributed by atoms with Crippen molar-refractivity contribution in [3.63, 3.8) is 0 Å². The first-order valence-corrected chi connectivity index (χ1v) is 10.1. The maximum atomic E-state index is 13.1. The normalized spacial score (nSPS) is 10.9. The molecule has 4 nitrogen and oxygen atoms in total. The van der Waals surface area contributed by atoms with Gasteiger partial charge in [-0.2, -0.15) is 0 Å². The average molecular weight is 391 g/mol. The average Bonchev–Trinajstić information content (AvgIpc) is 3.46. The van der Waals surface area contributed by atoms with Gasteiger partial charge in [-0.25, -0.2) is 0 Å². The molecule has 4 aromatic rings. The highest BCUT2D eigenvalue weighted by atomic mass is 32.1. The van der Waals surface area contributed by atoms with Gasteiger partial charge in [-0.3, -0.25) is 4.79 Å². The number of amides is 1. The van der Waals surface area contributed by atoms with Crippen LogP contribution in [0.5, 0.6) is 0 Å². The Balaban J connectivity index is 1.56. The summed E-state index contributed by atoms with van der Waals surface area (Å²) in [5.41, 5.74) is 3.59. The summed E-state index contributed by atoms with van der Waals surface area (Å²) in [6.07, 6.45) is 3.71. The van der Waals surface area contributed by atoms with Crippen molar-refractivity contribution >= 4 is 17.2 Å². The molecule has 0 aliphatic heterocycles. The van der Waals surface area contributed by atoms with E-state index in [4.69, 9.17) is 4.42 Å². The third kappa shape index (κ3) is 4.26. The molecule has 28 heavy (non-hydrogen) atoms. The molecule has 0 aliphatic carbocycles. The van der Waals surface area contributed by atoms with Crippen LogP contribution < -0.4 is 0 Å². The van der Waals surface area contributed by atoms with E-state index >= 15 is 0 Å². The highest BCUT2D eigenvalue weighted by molar-refractivity contribution is 7.12.